The Morgan fingerprint density at radius 1 is 1.41 bits per heavy atom. The van der Waals surface area contributed by atoms with Gasteiger partial charge in [-0.1, -0.05) is 25.4 Å². The third kappa shape index (κ3) is 7.00. The molecule has 1 rings (SSSR count). The minimum Gasteiger partial charge on any atom is -0.495 e. The van der Waals surface area contributed by atoms with Crippen LogP contribution in [0.3, 0.4) is 0 Å². The number of amides is 1. The Morgan fingerprint density at radius 3 is 2.77 bits per heavy atom. The van der Waals surface area contributed by atoms with Crippen LogP contribution >= 0.6 is 11.6 Å². The summed E-state index contributed by atoms with van der Waals surface area (Å²) in [6.07, 6.45) is 0.493. The molecule has 5 nitrogen and oxygen atoms in total. The Morgan fingerprint density at radius 2 is 2.14 bits per heavy atom. The molecule has 0 heterocycles. The number of methoxy groups -OCH3 is 1. The zero-order valence-corrected chi connectivity index (χ0v) is 14.1. The van der Waals surface area contributed by atoms with Gasteiger partial charge in [0.25, 0.3) is 0 Å². The van der Waals surface area contributed by atoms with Crippen molar-refractivity contribution in [1.29, 1.82) is 0 Å². The third-order valence-corrected chi connectivity index (χ3v) is 3.34. The Balaban J connectivity index is 2.32. The summed E-state index contributed by atoms with van der Waals surface area (Å²) < 4.78 is 5.22. The molecule has 124 valence electrons. The molecule has 0 radical (unpaired) electrons. The van der Waals surface area contributed by atoms with Crippen molar-refractivity contribution < 1.29 is 14.6 Å². The third-order valence-electron chi connectivity index (χ3n) is 3.11. The van der Waals surface area contributed by atoms with E-state index in [2.05, 4.69) is 10.6 Å². The standard InChI is InChI=1S/C16H25ClN2O3/c1-11(2)8-13(20)10-19-16(21)6-7-18-14-9-12(17)4-5-15(14)22-3/h4-5,9,11,13,18,20H,6-8,10H2,1-3H3,(H,19,21). The number of benzene rings is 1. The lowest BCUT2D eigenvalue weighted by Gasteiger charge is -2.14. The number of rotatable bonds is 9. The maximum Gasteiger partial charge on any atom is 0.221 e. The van der Waals surface area contributed by atoms with E-state index >= 15 is 0 Å². The predicted octanol–water partition coefficient (Wildman–Crippen LogP) is 2.67. The molecule has 0 fully saturated rings. The van der Waals surface area contributed by atoms with Crippen LogP contribution in [-0.2, 0) is 4.79 Å². The van der Waals surface area contributed by atoms with Crippen LogP contribution in [0.15, 0.2) is 18.2 Å². The van der Waals surface area contributed by atoms with Crippen molar-refractivity contribution >= 4 is 23.2 Å². The number of aliphatic hydroxyl groups is 1. The summed E-state index contributed by atoms with van der Waals surface area (Å²) in [6, 6.07) is 5.27. The van der Waals surface area contributed by atoms with Crippen molar-refractivity contribution in [3.05, 3.63) is 23.2 Å². The molecule has 1 amide bonds. The van der Waals surface area contributed by atoms with Gasteiger partial charge in [-0.15, -0.1) is 0 Å². The first-order chi connectivity index (χ1) is 10.4. The van der Waals surface area contributed by atoms with Gasteiger partial charge in [0.05, 0.1) is 18.9 Å². The second-order valence-corrected chi connectivity index (χ2v) is 6.05. The smallest absolute Gasteiger partial charge is 0.221 e. The van der Waals surface area contributed by atoms with Gasteiger partial charge in [0, 0.05) is 24.5 Å². The first-order valence-electron chi connectivity index (χ1n) is 7.44. The van der Waals surface area contributed by atoms with E-state index in [1.165, 1.54) is 0 Å². The van der Waals surface area contributed by atoms with Gasteiger partial charge in [-0.3, -0.25) is 4.79 Å². The minimum absolute atomic E-state index is 0.101. The van der Waals surface area contributed by atoms with Crippen LogP contribution in [0.1, 0.15) is 26.7 Å². The lowest BCUT2D eigenvalue weighted by molar-refractivity contribution is -0.121. The van der Waals surface area contributed by atoms with Gasteiger partial charge in [-0.25, -0.2) is 0 Å². The molecular formula is C16H25ClN2O3. The maximum absolute atomic E-state index is 11.7. The fourth-order valence-corrected chi connectivity index (χ4v) is 2.25. The van der Waals surface area contributed by atoms with Crippen LogP contribution < -0.4 is 15.4 Å². The van der Waals surface area contributed by atoms with Crippen LogP contribution in [0, 0.1) is 5.92 Å². The quantitative estimate of drug-likeness (QED) is 0.652. The van der Waals surface area contributed by atoms with E-state index in [1.54, 1.807) is 25.3 Å². The van der Waals surface area contributed by atoms with Crippen molar-refractivity contribution in [2.24, 2.45) is 5.92 Å². The molecule has 1 aromatic rings. The highest BCUT2D eigenvalue weighted by Gasteiger charge is 2.09. The average molecular weight is 329 g/mol. The average Bonchev–Trinajstić information content (AvgIpc) is 2.45. The second-order valence-electron chi connectivity index (χ2n) is 5.61. The zero-order valence-electron chi connectivity index (χ0n) is 13.4. The summed E-state index contributed by atoms with van der Waals surface area (Å²) in [5.74, 6) is 0.984. The lowest BCUT2D eigenvalue weighted by Crippen LogP contribution is -2.33. The fourth-order valence-electron chi connectivity index (χ4n) is 2.08. The van der Waals surface area contributed by atoms with E-state index in [0.29, 0.717) is 36.1 Å². The summed E-state index contributed by atoms with van der Waals surface area (Å²) in [6.45, 7) is 4.82. The topological polar surface area (TPSA) is 70.6 Å². The fraction of sp³-hybridized carbons (Fsp3) is 0.562. The summed E-state index contributed by atoms with van der Waals surface area (Å²) >= 11 is 5.94. The Labute approximate surface area is 137 Å². The van der Waals surface area contributed by atoms with Crippen LogP contribution in [0.25, 0.3) is 0 Å². The number of nitrogens with one attached hydrogen (secondary N) is 2. The molecule has 1 atom stereocenters. The molecular weight excluding hydrogens is 304 g/mol. The molecule has 1 unspecified atom stereocenters. The van der Waals surface area contributed by atoms with Crippen molar-refractivity contribution in [3.8, 4) is 5.75 Å². The summed E-state index contributed by atoms with van der Waals surface area (Å²) in [7, 11) is 1.58. The number of anilines is 1. The first kappa shape index (κ1) is 18.6. The largest absolute Gasteiger partial charge is 0.495 e. The van der Waals surface area contributed by atoms with Gasteiger partial charge >= 0.3 is 0 Å². The van der Waals surface area contributed by atoms with Gasteiger partial charge in [0.15, 0.2) is 0 Å². The number of halogens is 1. The Bertz CT molecular complexity index is 480. The maximum atomic E-state index is 11.7. The molecule has 1 aromatic carbocycles. The number of ether oxygens (including phenoxy) is 1. The Hall–Kier alpha value is -1.46. The normalized spacial score (nSPS) is 12.1. The van der Waals surface area contributed by atoms with Crippen LogP contribution in [0.4, 0.5) is 5.69 Å². The molecule has 6 heteroatoms. The van der Waals surface area contributed by atoms with Crippen molar-refractivity contribution in [2.75, 3.05) is 25.5 Å². The zero-order chi connectivity index (χ0) is 16.5. The van der Waals surface area contributed by atoms with E-state index in [9.17, 15) is 9.90 Å². The molecule has 0 saturated carbocycles. The molecule has 0 aromatic heterocycles. The number of carbonyl (C=O) groups is 1. The molecule has 0 saturated heterocycles. The van der Waals surface area contributed by atoms with Gasteiger partial charge in [-0.05, 0) is 30.5 Å². The number of aliphatic hydroxyl groups excluding tert-OH is 1. The van der Waals surface area contributed by atoms with Gasteiger partial charge < -0.3 is 20.5 Å². The molecule has 0 bridgehead atoms. The van der Waals surface area contributed by atoms with E-state index in [0.717, 1.165) is 5.69 Å². The van der Waals surface area contributed by atoms with Crippen molar-refractivity contribution in [3.63, 3.8) is 0 Å². The molecule has 22 heavy (non-hydrogen) atoms. The van der Waals surface area contributed by atoms with E-state index in [-0.39, 0.29) is 12.5 Å². The molecule has 0 aliphatic rings. The molecule has 3 N–H and O–H groups in total. The summed E-state index contributed by atoms with van der Waals surface area (Å²) in [4.78, 5) is 11.7. The van der Waals surface area contributed by atoms with Crippen molar-refractivity contribution in [2.45, 2.75) is 32.8 Å². The molecule has 0 spiro atoms. The van der Waals surface area contributed by atoms with Gasteiger partial charge in [-0.2, -0.15) is 0 Å². The molecule has 0 aliphatic heterocycles. The van der Waals surface area contributed by atoms with E-state index in [1.807, 2.05) is 13.8 Å². The minimum atomic E-state index is -0.495. The van der Waals surface area contributed by atoms with Crippen LogP contribution in [0.5, 0.6) is 5.75 Å². The second kappa shape index (κ2) is 9.54. The summed E-state index contributed by atoms with van der Waals surface area (Å²) in [5.41, 5.74) is 0.752. The predicted molar refractivity (Wildman–Crippen MR) is 89.6 cm³/mol. The molecule has 0 aliphatic carbocycles. The lowest BCUT2D eigenvalue weighted by atomic mass is 10.1. The van der Waals surface area contributed by atoms with Crippen molar-refractivity contribution in [1.82, 2.24) is 5.32 Å². The van der Waals surface area contributed by atoms with Gasteiger partial charge in [0.2, 0.25) is 5.91 Å². The monoisotopic (exact) mass is 328 g/mol. The SMILES string of the molecule is COc1ccc(Cl)cc1NCCC(=O)NCC(O)CC(C)C. The first-order valence-corrected chi connectivity index (χ1v) is 7.82. The Kier molecular flexibility index (Phi) is 8.06. The number of hydrogen-bond donors (Lipinski definition) is 3. The highest BCUT2D eigenvalue weighted by Crippen LogP contribution is 2.27. The van der Waals surface area contributed by atoms with E-state index < -0.39 is 6.10 Å². The highest BCUT2D eigenvalue weighted by molar-refractivity contribution is 6.30. The number of hydrogen-bond acceptors (Lipinski definition) is 4. The number of carbonyl (C=O) groups excluding carboxylic acids is 1. The van der Waals surface area contributed by atoms with Crippen LogP contribution in [-0.4, -0.2) is 37.3 Å². The van der Waals surface area contributed by atoms with Gasteiger partial charge in [0.1, 0.15) is 5.75 Å². The summed E-state index contributed by atoms with van der Waals surface area (Å²) in [5, 5.41) is 16.2. The van der Waals surface area contributed by atoms with E-state index in [4.69, 9.17) is 16.3 Å². The highest BCUT2D eigenvalue weighted by atomic mass is 35.5. The van der Waals surface area contributed by atoms with Crippen LogP contribution in [0.2, 0.25) is 5.02 Å².